The standard InChI is InChI=1S/C14H30O7Si2.5CH4/c1-22(15,7-3-5-17-9-13-11-19-13)21-23(2,16)8-4-6-18-10-14-12-20-14;;;;;/h13-16H,3-12H2,1-2H3;5*1H4. The Morgan fingerprint density at radius 3 is 1.36 bits per heavy atom. The van der Waals surface area contributed by atoms with Crippen LogP contribution in [0.4, 0.5) is 0 Å². The maximum Gasteiger partial charge on any atom is 0.323 e. The monoisotopic (exact) mass is 446 g/mol. The molecular weight excluding hydrogens is 396 g/mol. The second kappa shape index (κ2) is 16.9. The third-order valence-corrected chi connectivity index (χ3v) is 9.79. The summed E-state index contributed by atoms with van der Waals surface area (Å²) in [7, 11) is -5.67. The smallest absolute Gasteiger partial charge is 0.323 e. The van der Waals surface area contributed by atoms with E-state index >= 15 is 0 Å². The van der Waals surface area contributed by atoms with Crippen molar-refractivity contribution in [2.24, 2.45) is 0 Å². The first-order valence-corrected chi connectivity index (χ1v) is 13.5. The number of ether oxygens (including phenoxy) is 4. The van der Waals surface area contributed by atoms with Gasteiger partial charge in [-0.25, -0.2) is 0 Å². The Bertz CT molecular complexity index is 317. The van der Waals surface area contributed by atoms with Crippen LogP contribution in [-0.4, -0.2) is 78.6 Å². The van der Waals surface area contributed by atoms with Crippen LogP contribution in [0.2, 0.25) is 25.2 Å². The summed E-state index contributed by atoms with van der Waals surface area (Å²) in [6, 6.07) is 1.13. The summed E-state index contributed by atoms with van der Waals surface area (Å²) in [5.74, 6) is 0. The largest absolute Gasteiger partial charge is 0.415 e. The molecule has 0 spiro atoms. The second-order valence-corrected chi connectivity index (χ2v) is 13.2. The Kier molecular flexibility index (Phi) is 21.5. The van der Waals surface area contributed by atoms with Crippen LogP contribution < -0.4 is 0 Å². The van der Waals surface area contributed by atoms with Crippen molar-refractivity contribution in [3.63, 3.8) is 0 Å². The van der Waals surface area contributed by atoms with Crippen LogP contribution in [0, 0.1) is 0 Å². The Hall–Kier alpha value is 0.154. The molecule has 2 aliphatic rings. The SMILES string of the molecule is C.C.C.C.C.C[Si](O)(CCCOCC1CO1)O[Si](C)(O)CCCOCC1CO1. The minimum absolute atomic E-state index is 0. The predicted octanol–water partition coefficient (Wildman–Crippen LogP) is 3.92. The molecule has 7 nitrogen and oxygen atoms in total. The molecule has 2 rings (SSSR count). The summed E-state index contributed by atoms with van der Waals surface area (Å²) in [6.45, 7) is 7.49. The highest BCUT2D eigenvalue weighted by molar-refractivity contribution is 6.78. The highest BCUT2D eigenvalue weighted by atomic mass is 28.5. The lowest BCUT2D eigenvalue weighted by Gasteiger charge is -2.30. The van der Waals surface area contributed by atoms with Gasteiger partial charge in [-0.2, -0.15) is 0 Å². The van der Waals surface area contributed by atoms with Crippen LogP contribution in [0.1, 0.15) is 50.0 Å². The van der Waals surface area contributed by atoms with Crippen LogP contribution in [-0.2, 0) is 23.1 Å². The van der Waals surface area contributed by atoms with Gasteiger partial charge in [-0.05, 0) is 38.0 Å². The molecule has 0 radical (unpaired) electrons. The fraction of sp³-hybridized carbons (Fsp3) is 1.00. The molecule has 28 heavy (non-hydrogen) atoms. The molecule has 176 valence electrons. The minimum Gasteiger partial charge on any atom is -0.415 e. The van der Waals surface area contributed by atoms with E-state index in [1.165, 1.54) is 0 Å². The van der Waals surface area contributed by atoms with Gasteiger partial charge in [0.05, 0.1) is 26.4 Å². The van der Waals surface area contributed by atoms with Gasteiger partial charge in [-0.15, -0.1) is 0 Å². The van der Waals surface area contributed by atoms with E-state index in [2.05, 4.69) is 0 Å². The minimum atomic E-state index is -2.84. The topological polar surface area (TPSA) is 93.2 Å². The van der Waals surface area contributed by atoms with Crippen molar-refractivity contribution in [2.45, 2.75) is 87.4 Å². The van der Waals surface area contributed by atoms with Crippen LogP contribution in [0.3, 0.4) is 0 Å². The highest BCUT2D eigenvalue weighted by Crippen LogP contribution is 2.20. The zero-order valence-corrected chi connectivity index (χ0v) is 16.2. The maximum absolute atomic E-state index is 10.4. The molecule has 2 fully saturated rings. The van der Waals surface area contributed by atoms with Gasteiger partial charge in [-0.3, -0.25) is 0 Å². The molecule has 4 atom stereocenters. The normalized spacial score (nSPS) is 23.1. The second-order valence-electron chi connectivity index (χ2n) is 6.72. The highest BCUT2D eigenvalue weighted by Gasteiger charge is 2.38. The Morgan fingerprint density at radius 1 is 0.750 bits per heavy atom. The van der Waals surface area contributed by atoms with Crippen molar-refractivity contribution >= 4 is 17.1 Å². The fourth-order valence-electron chi connectivity index (χ4n) is 2.34. The van der Waals surface area contributed by atoms with E-state index < -0.39 is 17.1 Å². The maximum atomic E-state index is 10.4. The molecule has 2 saturated heterocycles. The van der Waals surface area contributed by atoms with Crippen molar-refractivity contribution in [3.8, 4) is 0 Å². The molecule has 2 N–H and O–H groups in total. The van der Waals surface area contributed by atoms with Gasteiger partial charge in [0.1, 0.15) is 12.2 Å². The van der Waals surface area contributed by atoms with E-state index in [0.717, 1.165) is 26.1 Å². The van der Waals surface area contributed by atoms with Gasteiger partial charge in [-0.1, -0.05) is 37.1 Å². The molecule has 9 heteroatoms. The molecule has 0 bridgehead atoms. The molecule has 0 aromatic carbocycles. The van der Waals surface area contributed by atoms with E-state index in [4.69, 9.17) is 23.1 Å². The van der Waals surface area contributed by atoms with Gasteiger partial charge >= 0.3 is 17.1 Å². The average molecular weight is 447 g/mol. The summed E-state index contributed by atoms with van der Waals surface area (Å²) < 4.78 is 26.8. The number of rotatable bonds is 14. The summed E-state index contributed by atoms with van der Waals surface area (Å²) in [6.07, 6.45) is 2.01. The van der Waals surface area contributed by atoms with E-state index in [1.807, 2.05) is 0 Å². The first kappa shape index (κ1) is 35.6. The Labute approximate surface area is 177 Å². The zero-order chi connectivity index (χ0) is 16.8. The third kappa shape index (κ3) is 18.2. The summed E-state index contributed by atoms with van der Waals surface area (Å²) in [4.78, 5) is 20.8. The molecule has 0 aliphatic carbocycles. The Balaban J connectivity index is -0.000000576. The van der Waals surface area contributed by atoms with Crippen LogP contribution >= 0.6 is 0 Å². The molecule has 4 unspecified atom stereocenters. The van der Waals surface area contributed by atoms with Gasteiger partial charge in [0.15, 0.2) is 0 Å². The summed E-state index contributed by atoms with van der Waals surface area (Å²) in [5, 5.41) is 0. The zero-order valence-electron chi connectivity index (χ0n) is 14.2. The number of hydrogen-bond donors (Lipinski definition) is 2. The lowest BCUT2D eigenvalue weighted by Crippen LogP contribution is -2.48. The van der Waals surface area contributed by atoms with Crippen LogP contribution in [0.25, 0.3) is 0 Å². The molecule has 2 aliphatic heterocycles. The Morgan fingerprint density at radius 2 is 1.07 bits per heavy atom. The molecule has 2 heterocycles. The van der Waals surface area contributed by atoms with Crippen molar-refractivity contribution in [1.29, 1.82) is 0 Å². The van der Waals surface area contributed by atoms with Crippen molar-refractivity contribution in [1.82, 2.24) is 0 Å². The first-order chi connectivity index (χ1) is 10.9. The predicted molar refractivity (Wildman–Crippen MR) is 122 cm³/mol. The average Bonchev–Trinajstić information content (AvgIpc) is 3.31. The fourth-order valence-corrected chi connectivity index (χ4v) is 8.54. The van der Waals surface area contributed by atoms with Gasteiger partial charge in [0.25, 0.3) is 0 Å². The van der Waals surface area contributed by atoms with Gasteiger partial charge in [0.2, 0.25) is 0 Å². The van der Waals surface area contributed by atoms with Crippen LogP contribution in [0.15, 0.2) is 0 Å². The summed E-state index contributed by atoms with van der Waals surface area (Å²) in [5.41, 5.74) is 0. The third-order valence-electron chi connectivity index (χ3n) is 3.71. The molecule has 0 saturated carbocycles. The van der Waals surface area contributed by atoms with E-state index in [-0.39, 0.29) is 49.3 Å². The van der Waals surface area contributed by atoms with Gasteiger partial charge < -0.3 is 32.7 Å². The number of epoxide rings is 2. The first-order valence-electron chi connectivity index (χ1n) is 8.40. The van der Waals surface area contributed by atoms with Crippen molar-refractivity contribution in [2.75, 3.05) is 39.6 Å². The molecule has 0 aromatic heterocycles. The van der Waals surface area contributed by atoms with Crippen molar-refractivity contribution < 1.29 is 32.7 Å². The quantitative estimate of drug-likeness (QED) is 0.237. The molecule has 0 aromatic rings. The van der Waals surface area contributed by atoms with Crippen molar-refractivity contribution in [3.05, 3.63) is 0 Å². The molecular formula is C19H50O7Si2. The molecule has 0 amide bonds. The lowest BCUT2D eigenvalue weighted by molar-refractivity contribution is 0.114. The lowest BCUT2D eigenvalue weighted by atomic mass is 10.5. The number of hydrogen-bond acceptors (Lipinski definition) is 7. The van der Waals surface area contributed by atoms with Gasteiger partial charge in [0, 0.05) is 13.2 Å². The van der Waals surface area contributed by atoms with E-state index in [1.54, 1.807) is 13.1 Å². The van der Waals surface area contributed by atoms with E-state index in [0.29, 0.717) is 38.5 Å². The summed E-state index contributed by atoms with van der Waals surface area (Å²) >= 11 is 0. The van der Waals surface area contributed by atoms with Crippen LogP contribution in [0.5, 0.6) is 0 Å². The van der Waals surface area contributed by atoms with E-state index in [9.17, 15) is 9.59 Å².